The topological polar surface area (TPSA) is 79.4 Å². The Bertz CT molecular complexity index is 1080. The van der Waals surface area contributed by atoms with Gasteiger partial charge in [0.05, 0.1) is 0 Å². The lowest BCUT2D eigenvalue weighted by atomic mass is 10.1. The van der Waals surface area contributed by atoms with Crippen LogP contribution >= 0.6 is 0 Å². The van der Waals surface area contributed by atoms with Crippen LogP contribution in [-0.2, 0) is 0 Å². The van der Waals surface area contributed by atoms with Crippen LogP contribution in [0.3, 0.4) is 0 Å². The molecule has 0 fully saturated rings. The van der Waals surface area contributed by atoms with Crippen LogP contribution in [0, 0.1) is 13.8 Å². The van der Waals surface area contributed by atoms with Gasteiger partial charge in [-0.1, -0.05) is 30.3 Å². The van der Waals surface area contributed by atoms with Crippen LogP contribution in [0.2, 0.25) is 0 Å². The van der Waals surface area contributed by atoms with Crippen LogP contribution in [0.25, 0.3) is 0 Å². The molecule has 0 radical (unpaired) electrons. The Morgan fingerprint density at radius 3 is 2.70 bits per heavy atom. The molecule has 2 heterocycles. The molecular formula is C23H23N5O2. The van der Waals surface area contributed by atoms with Gasteiger partial charge in [0.25, 0.3) is 0 Å². The first-order chi connectivity index (χ1) is 14.6. The molecule has 4 rings (SSSR count). The van der Waals surface area contributed by atoms with E-state index in [0.717, 1.165) is 28.3 Å². The van der Waals surface area contributed by atoms with Crippen molar-refractivity contribution < 1.29 is 9.53 Å². The second kappa shape index (κ2) is 8.65. The Labute approximate surface area is 175 Å². The van der Waals surface area contributed by atoms with Gasteiger partial charge in [-0.25, -0.2) is 14.8 Å². The molecule has 2 amide bonds. The second-order valence-corrected chi connectivity index (χ2v) is 7.00. The smallest absolute Gasteiger partial charge is 0.327 e. The number of fused-ring (bicyclic) bond motifs is 4. The third-order valence-electron chi connectivity index (χ3n) is 4.79. The molecule has 0 unspecified atom stereocenters. The molecule has 1 aliphatic heterocycles. The Morgan fingerprint density at radius 1 is 1.07 bits per heavy atom. The van der Waals surface area contributed by atoms with Crippen molar-refractivity contribution in [2.75, 3.05) is 28.7 Å². The van der Waals surface area contributed by atoms with Crippen molar-refractivity contribution in [3.8, 4) is 5.75 Å². The molecule has 0 atom stereocenters. The second-order valence-electron chi connectivity index (χ2n) is 7.00. The molecule has 1 aromatic heterocycles. The van der Waals surface area contributed by atoms with Crippen LogP contribution < -0.4 is 20.3 Å². The van der Waals surface area contributed by atoms with Gasteiger partial charge in [0.1, 0.15) is 30.3 Å². The zero-order valence-electron chi connectivity index (χ0n) is 16.9. The molecule has 152 valence electrons. The molecule has 2 N–H and O–H groups in total. The molecular weight excluding hydrogens is 378 g/mol. The summed E-state index contributed by atoms with van der Waals surface area (Å²) in [5.41, 5.74) is 3.65. The number of ether oxygens (including phenoxy) is 1. The van der Waals surface area contributed by atoms with Gasteiger partial charge >= 0.3 is 6.03 Å². The minimum atomic E-state index is -0.266. The number of aromatic nitrogens is 2. The van der Waals surface area contributed by atoms with Crippen molar-refractivity contribution in [3.63, 3.8) is 0 Å². The standard InChI is InChI=1S/C23H23N5O2/c1-16-7-5-8-17(2)22(16)27-23(29)28-11-3-4-12-30-19-10-6-9-18(13-19)26-20-14-21(28)25-15-24-20/h3-10,13-15H,11-12H2,1-2H3,(H,27,29)(H,24,25,26)/b4-3-. The van der Waals surface area contributed by atoms with Crippen LogP contribution in [0.4, 0.5) is 27.8 Å². The number of aryl methyl sites for hydroxylation is 2. The molecule has 4 bridgehead atoms. The van der Waals surface area contributed by atoms with Gasteiger partial charge in [-0.15, -0.1) is 0 Å². The number of carbonyl (C=O) groups excluding carboxylic acids is 1. The average Bonchev–Trinajstić information content (AvgIpc) is 2.74. The maximum atomic E-state index is 13.2. The SMILES string of the molecule is Cc1cccc(C)c1NC(=O)N1C/C=C\COc2cccc(c2)Nc2cc1ncn2. The fourth-order valence-corrected chi connectivity index (χ4v) is 3.23. The highest BCUT2D eigenvalue weighted by Gasteiger charge is 2.18. The van der Waals surface area contributed by atoms with Crippen molar-refractivity contribution in [2.24, 2.45) is 0 Å². The highest BCUT2D eigenvalue weighted by Crippen LogP contribution is 2.24. The minimum Gasteiger partial charge on any atom is -0.489 e. The van der Waals surface area contributed by atoms with Gasteiger partial charge < -0.3 is 15.4 Å². The summed E-state index contributed by atoms with van der Waals surface area (Å²) in [5, 5.41) is 6.27. The molecule has 0 saturated heterocycles. The van der Waals surface area contributed by atoms with E-state index in [4.69, 9.17) is 4.74 Å². The molecule has 0 spiro atoms. The van der Waals surface area contributed by atoms with Crippen LogP contribution in [-0.4, -0.2) is 29.2 Å². The molecule has 30 heavy (non-hydrogen) atoms. The molecule has 7 nitrogen and oxygen atoms in total. The average molecular weight is 401 g/mol. The third kappa shape index (κ3) is 4.41. The van der Waals surface area contributed by atoms with Crippen molar-refractivity contribution in [3.05, 3.63) is 78.1 Å². The van der Waals surface area contributed by atoms with Gasteiger partial charge in [0.2, 0.25) is 0 Å². The summed E-state index contributed by atoms with van der Waals surface area (Å²) >= 11 is 0. The van der Waals surface area contributed by atoms with E-state index in [-0.39, 0.29) is 6.03 Å². The Morgan fingerprint density at radius 2 is 1.87 bits per heavy atom. The van der Waals surface area contributed by atoms with Crippen molar-refractivity contribution in [2.45, 2.75) is 13.8 Å². The van der Waals surface area contributed by atoms with Crippen LogP contribution in [0.1, 0.15) is 11.1 Å². The van der Waals surface area contributed by atoms with E-state index in [9.17, 15) is 4.79 Å². The number of benzene rings is 2. The van der Waals surface area contributed by atoms with Crippen molar-refractivity contribution in [1.29, 1.82) is 0 Å². The number of nitrogens with one attached hydrogen (secondary N) is 2. The van der Waals surface area contributed by atoms with Crippen LogP contribution in [0.15, 0.2) is 67.0 Å². The quantitative estimate of drug-likeness (QED) is 0.571. The molecule has 3 aromatic rings. The highest BCUT2D eigenvalue weighted by atomic mass is 16.5. The predicted octanol–water partition coefficient (Wildman–Crippen LogP) is 4.82. The fourth-order valence-electron chi connectivity index (χ4n) is 3.23. The molecule has 2 aromatic carbocycles. The lowest BCUT2D eigenvalue weighted by Gasteiger charge is -2.22. The van der Waals surface area contributed by atoms with E-state index in [2.05, 4.69) is 20.6 Å². The van der Waals surface area contributed by atoms with E-state index in [1.54, 1.807) is 11.0 Å². The van der Waals surface area contributed by atoms with Crippen LogP contribution in [0.5, 0.6) is 5.75 Å². The summed E-state index contributed by atoms with van der Waals surface area (Å²) in [4.78, 5) is 23.4. The fraction of sp³-hybridized carbons (Fsp3) is 0.174. The number of nitrogens with zero attached hydrogens (tertiary/aromatic N) is 3. The first-order valence-electron chi connectivity index (χ1n) is 9.72. The van der Waals surface area contributed by atoms with E-state index in [0.29, 0.717) is 24.8 Å². The van der Waals surface area contributed by atoms with Gasteiger partial charge in [-0.05, 0) is 43.2 Å². The Hall–Kier alpha value is -3.87. The predicted molar refractivity (Wildman–Crippen MR) is 119 cm³/mol. The first-order valence-corrected chi connectivity index (χ1v) is 9.72. The summed E-state index contributed by atoms with van der Waals surface area (Å²) in [6.07, 6.45) is 5.22. The molecule has 0 saturated carbocycles. The highest BCUT2D eigenvalue weighted by molar-refractivity contribution is 6.02. The lowest BCUT2D eigenvalue weighted by Crippen LogP contribution is -2.36. The number of rotatable bonds is 1. The summed E-state index contributed by atoms with van der Waals surface area (Å²) in [7, 11) is 0. The normalized spacial score (nSPS) is 14.3. The maximum absolute atomic E-state index is 13.2. The number of amides is 2. The summed E-state index contributed by atoms with van der Waals surface area (Å²) < 4.78 is 5.76. The van der Waals surface area contributed by atoms with E-state index in [1.165, 1.54) is 6.33 Å². The molecule has 7 heteroatoms. The molecule has 1 aliphatic rings. The van der Waals surface area contributed by atoms with Crippen molar-refractivity contribution in [1.82, 2.24) is 9.97 Å². The lowest BCUT2D eigenvalue weighted by molar-refractivity contribution is 0.257. The number of urea groups is 1. The number of anilines is 4. The van der Waals surface area contributed by atoms with Crippen molar-refractivity contribution >= 4 is 29.0 Å². The summed E-state index contributed by atoms with van der Waals surface area (Å²) in [5.74, 6) is 1.84. The monoisotopic (exact) mass is 401 g/mol. The van der Waals surface area contributed by atoms with Gasteiger partial charge in [-0.2, -0.15) is 0 Å². The van der Waals surface area contributed by atoms with Gasteiger partial charge in [0, 0.05) is 30.1 Å². The molecule has 0 aliphatic carbocycles. The Kier molecular flexibility index (Phi) is 5.61. The van der Waals surface area contributed by atoms with Gasteiger partial charge in [0.15, 0.2) is 0 Å². The third-order valence-corrected chi connectivity index (χ3v) is 4.79. The summed E-state index contributed by atoms with van der Waals surface area (Å²) in [6.45, 7) is 4.69. The zero-order chi connectivity index (χ0) is 20.9. The number of carbonyl (C=O) groups is 1. The maximum Gasteiger partial charge on any atom is 0.327 e. The Balaban J connectivity index is 1.66. The minimum absolute atomic E-state index is 0.266. The van der Waals surface area contributed by atoms with E-state index < -0.39 is 0 Å². The summed E-state index contributed by atoms with van der Waals surface area (Å²) in [6, 6.07) is 15.0. The van der Waals surface area contributed by atoms with Gasteiger partial charge in [-0.3, -0.25) is 4.90 Å². The first kappa shape index (κ1) is 19.4. The van der Waals surface area contributed by atoms with E-state index in [1.807, 2.05) is 68.5 Å². The number of para-hydroxylation sites is 1. The number of hydrogen-bond acceptors (Lipinski definition) is 5. The largest absolute Gasteiger partial charge is 0.489 e. The number of hydrogen-bond donors (Lipinski definition) is 2. The zero-order valence-corrected chi connectivity index (χ0v) is 16.9. The van der Waals surface area contributed by atoms with E-state index >= 15 is 0 Å².